The van der Waals surface area contributed by atoms with E-state index in [-0.39, 0.29) is 10.6 Å². The molecule has 0 heterocycles. The van der Waals surface area contributed by atoms with Crippen LogP contribution in [0.2, 0.25) is 0 Å². The largest absolute Gasteiger partial charge is 0.508 e. The average molecular weight is 326 g/mol. The van der Waals surface area contributed by atoms with Gasteiger partial charge in [-0.15, -0.1) is 0 Å². The van der Waals surface area contributed by atoms with Crippen molar-refractivity contribution in [1.29, 1.82) is 0 Å². The molecule has 2 aromatic rings. The Bertz CT molecular complexity index is 717. The predicted molar refractivity (Wildman–Crippen MR) is 85.3 cm³/mol. The molecule has 0 saturated heterocycles. The zero-order valence-electron chi connectivity index (χ0n) is 12.1. The number of aryl methyl sites for hydroxylation is 1. The van der Waals surface area contributed by atoms with Crippen LogP contribution in [0.4, 0.5) is 0 Å². The van der Waals surface area contributed by atoms with Crippen molar-refractivity contribution in [2.45, 2.75) is 16.7 Å². The van der Waals surface area contributed by atoms with Crippen molar-refractivity contribution in [1.82, 2.24) is 0 Å². The molecule has 0 bridgehead atoms. The van der Waals surface area contributed by atoms with Crippen molar-refractivity contribution >= 4 is 20.4 Å². The second-order valence-corrected chi connectivity index (χ2v) is 9.92. The van der Waals surface area contributed by atoms with Crippen LogP contribution in [-0.4, -0.2) is 26.0 Å². The molecule has 0 aromatic heterocycles. The van der Waals surface area contributed by atoms with Gasteiger partial charge in [-0.3, -0.25) is 0 Å². The van der Waals surface area contributed by atoms with Gasteiger partial charge in [-0.05, 0) is 55.8 Å². The predicted octanol–water partition coefficient (Wildman–Crippen LogP) is 3.44. The first-order valence-corrected chi connectivity index (χ1v) is 10.0. The number of aromatic hydroxyl groups is 1. The molecule has 2 aromatic carbocycles. The van der Waals surface area contributed by atoms with Crippen LogP contribution in [0.1, 0.15) is 5.56 Å². The first kappa shape index (κ1) is 15.9. The van der Waals surface area contributed by atoms with E-state index in [1.165, 1.54) is 24.3 Å². The highest BCUT2D eigenvalue weighted by molar-refractivity contribution is 8.32. The van der Waals surface area contributed by atoms with Gasteiger partial charge in [0, 0.05) is 4.90 Å². The van der Waals surface area contributed by atoms with E-state index in [1.54, 1.807) is 36.8 Å². The van der Waals surface area contributed by atoms with E-state index >= 15 is 0 Å². The molecule has 4 nitrogen and oxygen atoms in total. The molecule has 2 rings (SSSR count). The van der Waals surface area contributed by atoms with Gasteiger partial charge in [0.1, 0.15) is 5.75 Å². The van der Waals surface area contributed by atoms with E-state index in [0.29, 0.717) is 0 Å². The summed E-state index contributed by atoms with van der Waals surface area (Å²) in [7, 11) is -5.81. The topological polar surface area (TPSA) is 63.6 Å². The Morgan fingerprint density at radius 3 is 1.86 bits per heavy atom. The molecule has 0 unspecified atom stereocenters. The van der Waals surface area contributed by atoms with E-state index < -0.39 is 20.4 Å². The van der Waals surface area contributed by atoms with Crippen LogP contribution < -0.4 is 0 Å². The lowest BCUT2D eigenvalue weighted by Gasteiger charge is -2.30. The third-order valence-corrected chi connectivity index (χ3v) is 7.31. The van der Waals surface area contributed by atoms with Gasteiger partial charge in [-0.1, -0.05) is 28.0 Å². The molecular weight excluding hydrogens is 308 g/mol. The van der Waals surface area contributed by atoms with Crippen molar-refractivity contribution in [2.75, 3.05) is 12.5 Å². The summed E-state index contributed by atoms with van der Waals surface area (Å²) < 4.78 is 30.1. The summed E-state index contributed by atoms with van der Waals surface area (Å²) in [6.45, 7) is 1.89. The molecule has 114 valence electrons. The highest BCUT2D eigenvalue weighted by atomic mass is 32.3. The van der Waals surface area contributed by atoms with Crippen LogP contribution in [0.25, 0.3) is 0 Å². The minimum Gasteiger partial charge on any atom is -0.508 e. The van der Waals surface area contributed by atoms with Crippen molar-refractivity contribution < 1.29 is 17.2 Å². The summed E-state index contributed by atoms with van der Waals surface area (Å²) in [6, 6.07) is 12.9. The Morgan fingerprint density at radius 2 is 1.33 bits per heavy atom. The minimum absolute atomic E-state index is 0.135. The van der Waals surface area contributed by atoms with Crippen molar-refractivity contribution in [2.24, 2.45) is 0 Å². The third kappa shape index (κ3) is 3.78. The maximum atomic E-state index is 12.3. The zero-order valence-corrected chi connectivity index (χ0v) is 13.7. The lowest BCUT2D eigenvalue weighted by Crippen LogP contribution is -2.11. The second kappa shape index (κ2) is 5.71. The molecule has 6 heteroatoms. The van der Waals surface area contributed by atoms with Crippen molar-refractivity contribution in [3.8, 4) is 5.75 Å². The average Bonchev–Trinajstić information content (AvgIpc) is 2.38. The van der Waals surface area contributed by atoms with Crippen LogP contribution in [-0.2, 0) is 13.7 Å². The Kier molecular flexibility index (Phi) is 4.32. The van der Waals surface area contributed by atoms with Gasteiger partial charge in [0.05, 0.1) is 4.90 Å². The van der Waals surface area contributed by atoms with Crippen molar-refractivity contribution in [3.63, 3.8) is 0 Å². The molecule has 0 atom stereocenters. The fourth-order valence-electron chi connectivity index (χ4n) is 1.78. The van der Waals surface area contributed by atoms with Gasteiger partial charge < -0.3 is 5.11 Å². The van der Waals surface area contributed by atoms with Gasteiger partial charge in [-0.2, -0.15) is 8.42 Å². The van der Waals surface area contributed by atoms with Crippen LogP contribution in [0.15, 0.2) is 58.3 Å². The number of phenols is 1. The molecule has 0 aliphatic rings. The minimum atomic E-state index is -3.82. The summed E-state index contributed by atoms with van der Waals surface area (Å²) in [5.41, 5.74) is 0.985. The quantitative estimate of drug-likeness (QED) is 0.935. The molecule has 0 spiro atoms. The van der Waals surface area contributed by atoms with E-state index in [4.69, 9.17) is 3.63 Å². The molecular formula is C15H18O4S2. The Morgan fingerprint density at radius 1 is 0.857 bits per heavy atom. The summed E-state index contributed by atoms with van der Waals surface area (Å²) >= 11 is 0. The molecule has 1 N–H and O–H groups in total. The van der Waals surface area contributed by atoms with Gasteiger partial charge in [0.15, 0.2) is 0 Å². The normalized spacial score (nSPS) is 13.1. The zero-order chi connectivity index (χ0) is 15.7. The lowest BCUT2D eigenvalue weighted by molar-refractivity contribution is 0.475. The smallest absolute Gasteiger partial charge is 0.306 e. The SMILES string of the molecule is Cc1ccc(S(=O)(=O)OS(C)(C)c2ccc(O)cc2)cc1. The Balaban J connectivity index is 2.30. The third-order valence-electron chi connectivity index (χ3n) is 2.97. The van der Waals surface area contributed by atoms with Gasteiger partial charge in [0.2, 0.25) is 0 Å². The summed E-state index contributed by atoms with van der Waals surface area (Å²) in [5.74, 6) is 0.135. The Hall–Kier alpha value is -1.50. The first-order chi connectivity index (χ1) is 9.71. The molecule has 21 heavy (non-hydrogen) atoms. The molecule has 0 radical (unpaired) electrons. The highest BCUT2D eigenvalue weighted by Crippen LogP contribution is 2.52. The molecule has 0 fully saturated rings. The standard InChI is InChI=1S/C15H18O4S2/c1-12-4-8-15(9-5-12)21(17,18)19-20(2,3)14-10-6-13(16)7-11-14/h4-11,16H,1-3H3. The van der Waals surface area contributed by atoms with Gasteiger partial charge >= 0.3 is 10.1 Å². The number of rotatable bonds is 4. The monoisotopic (exact) mass is 326 g/mol. The van der Waals surface area contributed by atoms with Gasteiger partial charge in [-0.25, -0.2) is 3.63 Å². The fraction of sp³-hybridized carbons (Fsp3) is 0.200. The maximum absolute atomic E-state index is 12.3. The molecule has 0 aliphatic carbocycles. The second-order valence-electron chi connectivity index (χ2n) is 5.06. The van der Waals surface area contributed by atoms with Crippen LogP contribution in [0, 0.1) is 6.92 Å². The number of hydrogen-bond donors (Lipinski definition) is 1. The van der Waals surface area contributed by atoms with E-state index in [2.05, 4.69) is 0 Å². The Labute approximate surface area is 127 Å². The molecule has 0 aliphatic heterocycles. The van der Waals surface area contributed by atoms with E-state index in [9.17, 15) is 13.5 Å². The number of phenolic OH excluding ortho intramolecular Hbond substituents is 1. The summed E-state index contributed by atoms with van der Waals surface area (Å²) in [6.07, 6.45) is 3.51. The summed E-state index contributed by atoms with van der Waals surface area (Å²) in [5, 5.41) is 9.31. The highest BCUT2D eigenvalue weighted by Gasteiger charge is 2.26. The van der Waals surface area contributed by atoms with E-state index in [1.807, 2.05) is 6.92 Å². The fourth-order valence-corrected chi connectivity index (χ4v) is 5.46. The lowest BCUT2D eigenvalue weighted by atomic mass is 10.2. The van der Waals surface area contributed by atoms with Gasteiger partial charge in [0.25, 0.3) is 0 Å². The number of hydrogen-bond acceptors (Lipinski definition) is 4. The van der Waals surface area contributed by atoms with Crippen molar-refractivity contribution in [3.05, 3.63) is 54.1 Å². The number of benzene rings is 2. The first-order valence-electron chi connectivity index (χ1n) is 6.26. The van der Waals surface area contributed by atoms with Crippen LogP contribution >= 0.6 is 10.3 Å². The van der Waals surface area contributed by atoms with Crippen LogP contribution in [0.3, 0.4) is 0 Å². The van der Waals surface area contributed by atoms with E-state index in [0.717, 1.165) is 10.5 Å². The molecule has 0 saturated carbocycles. The summed E-state index contributed by atoms with van der Waals surface area (Å²) in [4.78, 5) is 0.892. The van der Waals surface area contributed by atoms with Crippen LogP contribution in [0.5, 0.6) is 5.75 Å². The maximum Gasteiger partial charge on any atom is 0.306 e. The molecule has 0 amide bonds.